The highest BCUT2D eigenvalue weighted by Crippen LogP contribution is 2.28. The molecule has 122 valence electrons. The predicted octanol–water partition coefficient (Wildman–Crippen LogP) is 2.57. The minimum Gasteiger partial charge on any atom is -0.314 e. The van der Waals surface area contributed by atoms with E-state index in [0.29, 0.717) is 0 Å². The summed E-state index contributed by atoms with van der Waals surface area (Å²) in [5, 5.41) is 3.71. The zero-order valence-corrected chi connectivity index (χ0v) is 14.0. The van der Waals surface area contributed by atoms with Gasteiger partial charge in [0.2, 0.25) is 0 Å². The Labute approximate surface area is 131 Å². The highest BCUT2D eigenvalue weighted by Gasteiger charge is 2.30. The normalized spacial score (nSPS) is 33.0. The van der Waals surface area contributed by atoms with Gasteiger partial charge in [-0.15, -0.1) is 0 Å². The van der Waals surface area contributed by atoms with Gasteiger partial charge in [0.1, 0.15) is 0 Å². The quantitative estimate of drug-likeness (QED) is 0.812. The summed E-state index contributed by atoms with van der Waals surface area (Å²) in [5.41, 5.74) is 0. The summed E-state index contributed by atoms with van der Waals surface area (Å²) in [4.78, 5) is 5.47. The van der Waals surface area contributed by atoms with Crippen molar-refractivity contribution >= 4 is 0 Å². The molecule has 3 heteroatoms. The maximum Gasteiger partial charge on any atom is 0.0107 e. The second-order valence-electron chi connectivity index (χ2n) is 7.61. The van der Waals surface area contributed by atoms with Crippen LogP contribution in [0.2, 0.25) is 0 Å². The van der Waals surface area contributed by atoms with Gasteiger partial charge in [-0.3, -0.25) is 0 Å². The first-order chi connectivity index (χ1) is 10.3. The van der Waals surface area contributed by atoms with Gasteiger partial charge in [-0.2, -0.15) is 0 Å². The predicted molar refractivity (Wildman–Crippen MR) is 89.6 cm³/mol. The fourth-order valence-corrected chi connectivity index (χ4v) is 4.80. The third-order valence-corrected chi connectivity index (χ3v) is 6.04. The van der Waals surface area contributed by atoms with Crippen LogP contribution in [0, 0.1) is 11.8 Å². The van der Waals surface area contributed by atoms with Gasteiger partial charge in [0, 0.05) is 19.1 Å². The van der Waals surface area contributed by atoms with Crippen LogP contribution in [0.15, 0.2) is 0 Å². The van der Waals surface area contributed by atoms with Gasteiger partial charge in [-0.25, -0.2) is 0 Å². The van der Waals surface area contributed by atoms with E-state index in [0.717, 1.165) is 24.4 Å². The Morgan fingerprint density at radius 2 is 1.52 bits per heavy atom. The molecule has 0 aromatic rings. The standard InChI is InChI=1S/C18H35N3/c1-2-19-18-7-5-6-17(18)15-21-12-8-16(9-13-21)14-20-10-3-4-11-20/h16-19H,2-15H2,1H3. The topological polar surface area (TPSA) is 18.5 Å². The van der Waals surface area contributed by atoms with Gasteiger partial charge in [0.05, 0.1) is 0 Å². The van der Waals surface area contributed by atoms with Crippen molar-refractivity contribution in [2.24, 2.45) is 11.8 Å². The maximum absolute atomic E-state index is 3.71. The van der Waals surface area contributed by atoms with Gasteiger partial charge in [0.15, 0.2) is 0 Å². The molecule has 2 unspecified atom stereocenters. The molecule has 1 aliphatic carbocycles. The van der Waals surface area contributed by atoms with Gasteiger partial charge < -0.3 is 15.1 Å². The number of rotatable bonds is 6. The molecule has 3 aliphatic rings. The average molecular weight is 293 g/mol. The van der Waals surface area contributed by atoms with Crippen molar-refractivity contribution in [1.29, 1.82) is 0 Å². The van der Waals surface area contributed by atoms with E-state index in [2.05, 4.69) is 22.0 Å². The van der Waals surface area contributed by atoms with Crippen LogP contribution in [0.3, 0.4) is 0 Å². The van der Waals surface area contributed by atoms with Crippen molar-refractivity contribution in [3.8, 4) is 0 Å². The van der Waals surface area contributed by atoms with E-state index >= 15 is 0 Å². The second-order valence-corrected chi connectivity index (χ2v) is 7.61. The van der Waals surface area contributed by atoms with Crippen molar-refractivity contribution in [3.05, 3.63) is 0 Å². The zero-order chi connectivity index (χ0) is 14.5. The summed E-state index contributed by atoms with van der Waals surface area (Å²) in [7, 11) is 0. The Morgan fingerprint density at radius 1 is 0.810 bits per heavy atom. The van der Waals surface area contributed by atoms with Crippen molar-refractivity contribution in [3.63, 3.8) is 0 Å². The van der Waals surface area contributed by atoms with E-state index in [1.807, 2.05) is 0 Å². The molecule has 2 atom stereocenters. The van der Waals surface area contributed by atoms with Gasteiger partial charge in [-0.05, 0) is 83.1 Å². The summed E-state index contributed by atoms with van der Waals surface area (Å²) >= 11 is 0. The number of nitrogens with zero attached hydrogens (tertiary/aromatic N) is 2. The van der Waals surface area contributed by atoms with E-state index in [-0.39, 0.29) is 0 Å². The van der Waals surface area contributed by atoms with Crippen LogP contribution < -0.4 is 5.32 Å². The molecule has 0 radical (unpaired) electrons. The largest absolute Gasteiger partial charge is 0.314 e. The van der Waals surface area contributed by atoms with Crippen molar-refractivity contribution in [1.82, 2.24) is 15.1 Å². The lowest BCUT2D eigenvalue weighted by atomic mass is 9.94. The Morgan fingerprint density at radius 3 is 2.24 bits per heavy atom. The molecule has 1 saturated carbocycles. The maximum atomic E-state index is 3.71. The molecule has 2 saturated heterocycles. The monoisotopic (exact) mass is 293 g/mol. The number of likely N-dealkylation sites (tertiary alicyclic amines) is 2. The molecule has 3 fully saturated rings. The Kier molecular flexibility index (Phi) is 5.96. The molecule has 2 heterocycles. The fourth-order valence-electron chi connectivity index (χ4n) is 4.80. The molecular weight excluding hydrogens is 258 g/mol. The average Bonchev–Trinajstić information content (AvgIpc) is 3.14. The summed E-state index contributed by atoms with van der Waals surface area (Å²) in [6.07, 6.45) is 10.0. The van der Waals surface area contributed by atoms with Crippen LogP contribution >= 0.6 is 0 Å². The highest BCUT2D eigenvalue weighted by atomic mass is 15.2. The Balaban J connectivity index is 1.37. The number of nitrogens with one attached hydrogen (secondary N) is 1. The van der Waals surface area contributed by atoms with Crippen LogP contribution in [0.4, 0.5) is 0 Å². The molecule has 2 aliphatic heterocycles. The van der Waals surface area contributed by atoms with Crippen molar-refractivity contribution < 1.29 is 0 Å². The van der Waals surface area contributed by atoms with E-state index in [9.17, 15) is 0 Å². The third kappa shape index (κ3) is 4.43. The zero-order valence-electron chi connectivity index (χ0n) is 14.0. The van der Waals surface area contributed by atoms with Crippen LogP contribution in [0.1, 0.15) is 51.9 Å². The molecule has 0 amide bonds. The first kappa shape index (κ1) is 15.8. The summed E-state index contributed by atoms with van der Waals surface area (Å²) in [6.45, 7) is 11.6. The SMILES string of the molecule is CCNC1CCCC1CN1CCC(CN2CCCC2)CC1. The van der Waals surface area contributed by atoms with Crippen LogP contribution in [-0.2, 0) is 0 Å². The van der Waals surface area contributed by atoms with E-state index in [1.165, 1.54) is 84.2 Å². The lowest BCUT2D eigenvalue weighted by Gasteiger charge is -2.36. The van der Waals surface area contributed by atoms with Gasteiger partial charge >= 0.3 is 0 Å². The molecule has 0 bridgehead atoms. The number of hydrogen-bond acceptors (Lipinski definition) is 3. The summed E-state index contributed by atoms with van der Waals surface area (Å²) in [6, 6.07) is 0.803. The second kappa shape index (κ2) is 7.94. The molecule has 3 nitrogen and oxygen atoms in total. The number of piperidine rings is 1. The number of hydrogen-bond donors (Lipinski definition) is 1. The van der Waals surface area contributed by atoms with E-state index in [4.69, 9.17) is 0 Å². The molecule has 21 heavy (non-hydrogen) atoms. The molecule has 0 aromatic heterocycles. The van der Waals surface area contributed by atoms with Gasteiger partial charge in [-0.1, -0.05) is 13.3 Å². The van der Waals surface area contributed by atoms with Crippen LogP contribution in [0.5, 0.6) is 0 Å². The molecule has 0 spiro atoms. The summed E-state index contributed by atoms with van der Waals surface area (Å²) < 4.78 is 0. The molecule has 0 aromatic carbocycles. The fraction of sp³-hybridized carbons (Fsp3) is 1.00. The molecule has 1 N–H and O–H groups in total. The van der Waals surface area contributed by atoms with Gasteiger partial charge in [0.25, 0.3) is 0 Å². The minimum absolute atomic E-state index is 0.803. The highest BCUT2D eigenvalue weighted by molar-refractivity contribution is 4.86. The molecule has 3 rings (SSSR count). The lowest BCUT2D eigenvalue weighted by molar-refractivity contribution is 0.132. The Hall–Kier alpha value is -0.120. The first-order valence-electron chi connectivity index (χ1n) is 9.53. The van der Waals surface area contributed by atoms with Crippen molar-refractivity contribution in [2.75, 3.05) is 45.8 Å². The van der Waals surface area contributed by atoms with Crippen LogP contribution in [0.25, 0.3) is 0 Å². The minimum atomic E-state index is 0.803. The van der Waals surface area contributed by atoms with Crippen molar-refractivity contribution in [2.45, 2.75) is 57.9 Å². The summed E-state index contributed by atoms with van der Waals surface area (Å²) in [5.74, 6) is 1.90. The molecular formula is C18H35N3. The van der Waals surface area contributed by atoms with Crippen LogP contribution in [-0.4, -0.2) is 61.7 Å². The van der Waals surface area contributed by atoms with E-state index in [1.54, 1.807) is 0 Å². The lowest BCUT2D eigenvalue weighted by Crippen LogP contribution is -2.43. The smallest absolute Gasteiger partial charge is 0.0107 e. The van der Waals surface area contributed by atoms with E-state index < -0.39 is 0 Å². The Bertz CT molecular complexity index is 293. The first-order valence-corrected chi connectivity index (χ1v) is 9.53. The third-order valence-electron chi connectivity index (χ3n) is 6.04.